The van der Waals surface area contributed by atoms with Gasteiger partial charge in [0, 0.05) is 15.6 Å². The predicted octanol–water partition coefficient (Wildman–Crippen LogP) is 7.62. The lowest BCUT2D eigenvalue weighted by molar-refractivity contribution is -0.146. The minimum absolute atomic E-state index is 0.0000127. The first kappa shape index (κ1) is 40.3. The molecule has 2 atom stereocenters. The lowest BCUT2D eigenvalue weighted by Crippen LogP contribution is -2.43. The summed E-state index contributed by atoms with van der Waals surface area (Å²) in [6, 6.07) is -0.371. The topological polar surface area (TPSA) is 175 Å². The van der Waals surface area contributed by atoms with Crippen LogP contribution < -0.4 is 26.3 Å². The third-order valence-corrected chi connectivity index (χ3v) is 9.53. The van der Waals surface area contributed by atoms with E-state index in [0.717, 1.165) is 0 Å². The largest absolute Gasteiger partial charge is 0.464 e. The Morgan fingerprint density at radius 3 is 1.94 bits per heavy atom. The molecule has 2 heterocycles. The lowest BCUT2D eigenvalue weighted by Gasteiger charge is -2.30. The molecule has 3 aromatic rings. The van der Waals surface area contributed by atoms with E-state index in [1.807, 2.05) is 27.7 Å². The Morgan fingerprint density at radius 1 is 0.882 bits per heavy atom. The molecule has 0 aliphatic carbocycles. The molecule has 51 heavy (non-hydrogen) atoms. The van der Waals surface area contributed by atoms with E-state index in [-0.39, 0.29) is 82.3 Å². The van der Waals surface area contributed by atoms with Gasteiger partial charge in [0.05, 0.1) is 39.5 Å². The molecule has 2 amide bonds. The highest BCUT2D eigenvalue weighted by Gasteiger charge is 2.37. The van der Waals surface area contributed by atoms with E-state index in [9.17, 15) is 24.0 Å². The number of nitrogens with one attached hydrogen (secondary N) is 3. The van der Waals surface area contributed by atoms with Crippen molar-refractivity contribution in [2.75, 3.05) is 18.5 Å². The van der Waals surface area contributed by atoms with Crippen molar-refractivity contribution in [3.05, 3.63) is 48.9 Å². The average Bonchev–Trinajstić information content (AvgIpc) is 3.03. The first-order valence-corrected chi connectivity index (χ1v) is 19.1. The van der Waals surface area contributed by atoms with Gasteiger partial charge in [-0.2, -0.15) is 0 Å². The second kappa shape index (κ2) is 16.9. The molecule has 1 aromatic heterocycles. The summed E-state index contributed by atoms with van der Waals surface area (Å²) in [5, 5.41) is 8.87. The SMILES string of the molecule is CCOC(=O)[C@H](CC(C)C)NC(=O)c1cc(Br)c(C(Br)Br)c2c1Nc1c(c(C)c3oc(=O)c(C)nc3c1C(=O)N[C@H](CC(C)C)C(=O)OCC)O2. The monoisotopic (exact) mass is 898 g/mol. The maximum atomic E-state index is 14.4. The van der Waals surface area contributed by atoms with Crippen molar-refractivity contribution in [1.29, 1.82) is 0 Å². The standard InChI is InChI=1S/C35H41Br3N4O9/c1-9-48-34(46)20(11-14(3)4)40-31(43)18-13-19(36)22(30(37)38)29-24(18)42-26-23(32(44)41-21(12-15(5)6)35(47)49-10-2)25-28(16(7)27(26)50-29)51-33(45)17(8)39-25/h13-15,20-21,30,42H,9-12H2,1-8H3,(H,40,43)(H,41,44)/t20-,21+/m0/s1. The van der Waals surface area contributed by atoms with Gasteiger partial charge in [0.15, 0.2) is 17.1 Å². The summed E-state index contributed by atoms with van der Waals surface area (Å²) in [6.45, 7) is 14.4. The Bertz CT molecular complexity index is 1930. The quantitative estimate of drug-likeness (QED) is 0.0890. The van der Waals surface area contributed by atoms with Gasteiger partial charge >= 0.3 is 17.6 Å². The molecule has 0 spiro atoms. The van der Waals surface area contributed by atoms with E-state index in [0.29, 0.717) is 22.0 Å². The highest BCUT2D eigenvalue weighted by molar-refractivity contribution is 9.24. The molecule has 0 unspecified atom stereocenters. The second-order valence-electron chi connectivity index (χ2n) is 12.8. The van der Waals surface area contributed by atoms with Gasteiger partial charge in [0.1, 0.15) is 23.3 Å². The lowest BCUT2D eigenvalue weighted by atomic mass is 9.98. The number of halogens is 3. The average molecular weight is 901 g/mol. The molecule has 1 aliphatic rings. The second-order valence-corrected chi connectivity index (χ2v) is 16.7. The molecular weight excluding hydrogens is 860 g/mol. The Labute approximate surface area is 320 Å². The first-order chi connectivity index (χ1) is 24.0. The summed E-state index contributed by atoms with van der Waals surface area (Å²) >= 11 is 10.7. The van der Waals surface area contributed by atoms with Crippen molar-refractivity contribution in [2.24, 2.45) is 11.8 Å². The van der Waals surface area contributed by atoms with Crippen LogP contribution in [-0.2, 0) is 19.1 Å². The van der Waals surface area contributed by atoms with Crippen molar-refractivity contribution in [2.45, 2.75) is 84.1 Å². The third kappa shape index (κ3) is 8.76. The molecule has 1 aliphatic heterocycles. The normalized spacial score (nSPS) is 13.2. The van der Waals surface area contributed by atoms with Gasteiger partial charge in [-0.15, -0.1) is 0 Å². The fourth-order valence-electron chi connectivity index (χ4n) is 5.70. The maximum absolute atomic E-state index is 14.4. The number of hydrogen-bond acceptors (Lipinski definition) is 11. The van der Waals surface area contributed by atoms with Gasteiger partial charge < -0.3 is 34.6 Å². The Balaban J connectivity index is 1.97. The van der Waals surface area contributed by atoms with Crippen molar-refractivity contribution >= 4 is 94.0 Å². The van der Waals surface area contributed by atoms with Crippen LogP contribution in [0.3, 0.4) is 0 Å². The fraction of sp³-hybridized carbons (Fsp3) is 0.486. The molecule has 276 valence electrons. The molecule has 0 bridgehead atoms. The molecular formula is C35H41Br3N4O9. The van der Waals surface area contributed by atoms with Crippen LogP contribution in [0.25, 0.3) is 11.1 Å². The highest BCUT2D eigenvalue weighted by Crippen LogP contribution is 2.55. The van der Waals surface area contributed by atoms with E-state index in [4.69, 9.17) is 18.6 Å². The fourth-order valence-corrected chi connectivity index (χ4v) is 7.86. The number of alkyl halides is 2. The first-order valence-electron chi connectivity index (χ1n) is 16.5. The summed E-state index contributed by atoms with van der Waals surface area (Å²) in [5.74, 6) is -2.11. The number of rotatable bonds is 13. The van der Waals surface area contributed by atoms with Crippen LogP contribution in [0.1, 0.15) is 95.7 Å². The van der Waals surface area contributed by atoms with Crippen LogP contribution >= 0.6 is 47.8 Å². The number of anilines is 2. The summed E-state index contributed by atoms with van der Waals surface area (Å²) in [6.07, 6.45) is 0.607. The predicted molar refractivity (Wildman–Crippen MR) is 203 cm³/mol. The molecule has 2 aromatic carbocycles. The maximum Gasteiger partial charge on any atom is 0.357 e. The van der Waals surface area contributed by atoms with Gasteiger partial charge in [-0.1, -0.05) is 75.5 Å². The van der Waals surface area contributed by atoms with E-state index in [1.165, 1.54) is 6.92 Å². The Hall–Kier alpha value is -3.50. The van der Waals surface area contributed by atoms with Crippen LogP contribution in [-0.4, -0.2) is 54.0 Å². The van der Waals surface area contributed by atoms with E-state index < -0.39 is 45.2 Å². The minimum atomic E-state index is -1.01. The van der Waals surface area contributed by atoms with Crippen LogP contribution in [0.5, 0.6) is 11.5 Å². The zero-order valence-electron chi connectivity index (χ0n) is 29.5. The van der Waals surface area contributed by atoms with Gasteiger partial charge in [0.25, 0.3) is 11.8 Å². The Morgan fingerprint density at radius 2 is 1.43 bits per heavy atom. The van der Waals surface area contributed by atoms with E-state index >= 15 is 0 Å². The number of fused-ring (bicyclic) bond motifs is 3. The number of amides is 2. The zero-order valence-corrected chi connectivity index (χ0v) is 34.3. The molecule has 0 fully saturated rings. The van der Waals surface area contributed by atoms with Crippen molar-refractivity contribution < 1.29 is 37.8 Å². The number of carbonyl (C=O) groups is 4. The van der Waals surface area contributed by atoms with Crippen molar-refractivity contribution in [3.63, 3.8) is 0 Å². The Kier molecular flexibility index (Phi) is 13.3. The number of hydrogen-bond donors (Lipinski definition) is 3. The van der Waals surface area contributed by atoms with Crippen LogP contribution in [0, 0.1) is 25.7 Å². The molecule has 16 heteroatoms. The zero-order chi connectivity index (χ0) is 37.9. The summed E-state index contributed by atoms with van der Waals surface area (Å²) < 4.78 is 22.7. The highest BCUT2D eigenvalue weighted by atomic mass is 79.9. The molecule has 0 radical (unpaired) electrons. The smallest absolute Gasteiger partial charge is 0.357 e. The van der Waals surface area contributed by atoms with Crippen LogP contribution in [0.15, 0.2) is 19.8 Å². The number of aryl methyl sites for hydroxylation is 2. The van der Waals surface area contributed by atoms with Crippen LogP contribution in [0.2, 0.25) is 0 Å². The number of benzene rings is 2. The van der Waals surface area contributed by atoms with Gasteiger partial charge in [-0.05, 0) is 58.4 Å². The molecule has 0 saturated carbocycles. The molecule has 3 N–H and O–H groups in total. The number of nitrogens with zero attached hydrogens (tertiary/aromatic N) is 1. The number of ether oxygens (including phenoxy) is 3. The van der Waals surface area contributed by atoms with Crippen molar-refractivity contribution in [1.82, 2.24) is 15.6 Å². The van der Waals surface area contributed by atoms with Crippen molar-refractivity contribution in [3.8, 4) is 11.5 Å². The number of esters is 2. The summed E-state index contributed by atoms with van der Waals surface area (Å²) in [5.41, 5.74) is 0.534. The summed E-state index contributed by atoms with van der Waals surface area (Å²) in [4.78, 5) is 71.4. The number of carbonyl (C=O) groups excluding carboxylic acids is 4. The van der Waals surface area contributed by atoms with E-state index in [1.54, 1.807) is 26.8 Å². The summed E-state index contributed by atoms with van der Waals surface area (Å²) in [7, 11) is 0. The minimum Gasteiger partial charge on any atom is -0.464 e. The van der Waals surface area contributed by atoms with E-state index in [2.05, 4.69) is 68.7 Å². The van der Waals surface area contributed by atoms with Crippen LogP contribution in [0.4, 0.5) is 11.4 Å². The molecule has 0 saturated heterocycles. The molecule has 4 rings (SSSR count). The number of aromatic nitrogens is 1. The van der Waals surface area contributed by atoms with Gasteiger partial charge in [0.2, 0.25) is 0 Å². The van der Waals surface area contributed by atoms with Gasteiger partial charge in [-0.25, -0.2) is 19.4 Å². The third-order valence-electron chi connectivity index (χ3n) is 7.96. The molecule has 13 nitrogen and oxygen atoms in total. The van der Waals surface area contributed by atoms with Gasteiger partial charge in [-0.3, -0.25) is 9.59 Å².